The van der Waals surface area contributed by atoms with Crippen LogP contribution in [-0.4, -0.2) is 60.7 Å². The summed E-state index contributed by atoms with van der Waals surface area (Å²) in [5, 5.41) is 30.2. The van der Waals surface area contributed by atoms with Gasteiger partial charge in [0, 0.05) is 94.1 Å². The molecule has 0 spiro atoms. The molecule has 10 aromatic rings. The van der Waals surface area contributed by atoms with Crippen molar-refractivity contribution in [2.45, 2.75) is 0 Å². The van der Waals surface area contributed by atoms with Gasteiger partial charge in [0.15, 0.2) is 0 Å². The van der Waals surface area contributed by atoms with E-state index >= 15 is 0 Å². The molecule has 4 N–H and O–H groups in total. The van der Waals surface area contributed by atoms with Gasteiger partial charge in [-0.3, -0.25) is 40.3 Å². The van der Waals surface area contributed by atoms with Gasteiger partial charge in [-0.05, 0) is 84.9 Å². The first kappa shape index (κ1) is 33.7. The number of nitrogens with one attached hydrogen (secondary N) is 4. The van der Waals surface area contributed by atoms with E-state index in [4.69, 9.17) is 0 Å². The summed E-state index contributed by atoms with van der Waals surface area (Å²) < 4.78 is 0. The van der Waals surface area contributed by atoms with E-state index in [1.165, 1.54) is 0 Å². The van der Waals surface area contributed by atoms with Crippen molar-refractivity contribution in [3.63, 3.8) is 0 Å². The van der Waals surface area contributed by atoms with Gasteiger partial charge in [0.05, 0.1) is 45.6 Å². The summed E-state index contributed by atoms with van der Waals surface area (Å²) in [4.78, 5) is 16.4. The summed E-state index contributed by atoms with van der Waals surface area (Å²) in [6, 6.07) is 40.2. The molecular formula is C44H32N12. The summed E-state index contributed by atoms with van der Waals surface area (Å²) in [6.07, 6.45) is 14.2. The number of hydrogen-bond acceptors (Lipinski definition) is 8. The van der Waals surface area contributed by atoms with Crippen molar-refractivity contribution < 1.29 is 0 Å². The maximum atomic E-state index is 4.47. The fourth-order valence-corrected chi connectivity index (χ4v) is 6.25. The van der Waals surface area contributed by atoms with Crippen molar-refractivity contribution >= 4 is 0 Å². The molecule has 0 atom stereocenters. The van der Waals surface area contributed by atoms with E-state index in [2.05, 4.69) is 85.0 Å². The van der Waals surface area contributed by atoms with Crippen LogP contribution in [0.2, 0.25) is 0 Å². The Hall–Kier alpha value is -8.12. The largest absolute Gasteiger partial charge is 0.277 e. The van der Waals surface area contributed by atoms with E-state index in [9.17, 15) is 0 Å². The number of nitrogens with zero attached hydrogens (tertiary/aromatic N) is 8. The predicted molar refractivity (Wildman–Crippen MR) is 216 cm³/mol. The quantitative estimate of drug-likeness (QED) is 0.120. The Labute approximate surface area is 320 Å². The highest BCUT2D eigenvalue weighted by Gasteiger charge is 2.12. The first-order valence-corrected chi connectivity index (χ1v) is 17.8. The third-order valence-electron chi connectivity index (χ3n) is 9.15. The highest BCUT2D eigenvalue weighted by atomic mass is 15.1. The standard InChI is InChI=1S/2C22H16N6/c1-4-15(19-11-21(27-25-19)17-6-2-8-23-13-17)10-16(5-1)20-12-22(28-26-20)18-7-3-9-24-14-18;1-2-17(21-13-19(25-27-21)15-4-8-23-9-5-15)12-18(3-1)22-14-20(26-28-22)16-6-10-24-11-7-16/h2*1-14H,(H,25,27)(H,26,28). The molecule has 12 heteroatoms. The van der Waals surface area contributed by atoms with Gasteiger partial charge >= 0.3 is 0 Å². The van der Waals surface area contributed by atoms with E-state index in [-0.39, 0.29) is 0 Å². The van der Waals surface area contributed by atoms with Gasteiger partial charge in [0.25, 0.3) is 0 Å². The molecule has 2 aromatic carbocycles. The highest BCUT2D eigenvalue weighted by molar-refractivity contribution is 5.76. The molecule has 8 heterocycles. The van der Waals surface area contributed by atoms with Crippen molar-refractivity contribution in [2.75, 3.05) is 0 Å². The number of rotatable bonds is 8. The molecule has 0 saturated heterocycles. The monoisotopic (exact) mass is 728 g/mol. The van der Waals surface area contributed by atoms with Crippen LogP contribution in [-0.2, 0) is 0 Å². The van der Waals surface area contributed by atoms with Crippen LogP contribution in [0.1, 0.15) is 0 Å². The smallest absolute Gasteiger partial charge is 0.0942 e. The lowest BCUT2D eigenvalue weighted by Crippen LogP contribution is -1.82. The van der Waals surface area contributed by atoms with Crippen molar-refractivity contribution in [3.05, 3.63) is 171 Å². The fraction of sp³-hybridized carbons (Fsp3) is 0. The van der Waals surface area contributed by atoms with Crippen LogP contribution in [0, 0.1) is 0 Å². The lowest BCUT2D eigenvalue weighted by Gasteiger charge is -2.01. The minimum Gasteiger partial charge on any atom is -0.277 e. The number of aromatic amines is 4. The zero-order valence-corrected chi connectivity index (χ0v) is 29.7. The van der Waals surface area contributed by atoms with E-state index in [1.807, 2.05) is 97.1 Å². The van der Waals surface area contributed by atoms with Crippen molar-refractivity contribution in [2.24, 2.45) is 0 Å². The molecule has 8 aromatic heterocycles. The topological polar surface area (TPSA) is 166 Å². The van der Waals surface area contributed by atoms with Gasteiger partial charge < -0.3 is 0 Å². The van der Waals surface area contributed by atoms with Crippen LogP contribution in [0.15, 0.2) is 171 Å². The van der Waals surface area contributed by atoms with Crippen LogP contribution in [0.25, 0.3) is 90.1 Å². The second-order valence-electron chi connectivity index (χ2n) is 12.8. The molecule has 12 nitrogen and oxygen atoms in total. The van der Waals surface area contributed by atoms with Crippen LogP contribution in [0.5, 0.6) is 0 Å². The molecular weight excluding hydrogens is 697 g/mol. The Kier molecular flexibility index (Phi) is 9.31. The third-order valence-corrected chi connectivity index (χ3v) is 9.15. The Balaban J connectivity index is 0.000000146. The Morgan fingerprint density at radius 1 is 0.268 bits per heavy atom. The Morgan fingerprint density at radius 2 is 0.607 bits per heavy atom. The molecule has 0 amide bonds. The predicted octanol–water partition coefficient (Wildman–Crippen LogP) is 9.18. The summed E-state index contributed by atoms with van der Waals surface area (Å²) in [5.74, 6) is 0. The molecule has 268 valence electrons. The Morgan fingerprint density at radius 3 is 1.00 bits per heavy atom. The molecule has 0 aliphatic rings. The van der Waals surface area contributed by atoms with E-state index in [0.29, 0.717) is 0 Å². The lowest BCUT2D eigenvalue weighted by molar-refractivity contribution is 1.09. The summed E-state index contributed by atoms with van der Waals surface area (Å²) >= 11 is 0. The van der Waals surface area contributed by atoms with Gasteiger partial charge in [-0.1, -0.05) is 36.4 Å². The van der Waals surface area contributed by atoms with Gasteiger partial charge in [0.1, 0.15) is 0 Å². The molecule has 0 aliphatic heterocycles. The second-order valence-corrected chi connectivity index (χ2v) is 12.8. The lowest BCUT2D eigenvalue weighted by atomic mass is 10.0. The fourth-order valence-electron chi connectivity index (χ4n) is 6.25. The maximum Gasteiger partial charge on any atom is 0.0942 e. The van der Waals surface area contributed by atoms with Crippen molar-refractivity contribution in [1.29, 1.82) is 0 Å². The average molecular weight is 729 g/mol. The number of benzene rings is 2. The summed E-state index contributed by atoms with van der Waals surface area (Å²) in [7, 11) is 0. The normalized spacial score (nSPS) is 10.9. The molecule has 0 saturated carbocycles. The summed E-state index contributed by atoms with van der Waals surface area (Å²) in [5.41, 5.74) is 15.6. The van der Waals surface area contributed by atoms with Crippen molar-refractivity contribution in [3.8, 4) is 90.1 Å². The van der Waals surface area contributed by atoms with E-state index in [0.717, 1.165) is 90.1 Å². The van der Waals surface area contributed by atoms with E-state index in [1.54, 1.807) is 49.6 Å². The molecule has 0 aliphatic carbocycles. The molecule has 56 heavy (non-hydrogen) atoms. The van der Waals surface area contributed by atoms with Crippen LogP contribution >= 0.6 is 0 Å². The van der Waals surface area contributed by atoms with E-state index < -0.39 is 0 Å². The molecule has 0 bridgehead atoms. The third kappa shape index (κ3) is 7.38. The zero-order valence-electron chi connectivity index (χ0n) is 29.7. The minimum absolute atomic E-state index is 0.869. The number of aromatic nitrogens is 12. The second kappa shape index (κ2) is 15.5. The SMILES string of the molecule is c1cc(-c2cc(-c3ccncc3)[nH]n2)cc(-c2cc(-c3ccncc3)[nH]n2)c1.c1cncc(-c2cc(-c3cccc(-c4cc(-c5cccnc5)n[nH]4)c3)[nH]n2)c1. The highest BCUT2D eigenvalue weighted by Crippen LogP contribution is 2.30. The van der Waals surface area contributed by atoms with Crippen molar-refractivity contribution in [1.82, 2.24) is 60.7 Å². The maximum absolute atomic E-state index is 4.47. The van der Waals surface area contributed by atoms with Gasteiger partial charge in [-0.25, -0.2) is 0 Å². The first-order valence-electron chi connectivity index (χ1n) is 17.8. The summed E-state index contributed by atoms with van der Waals surface area (Å²) in [6.45, 7) is 0. The van der Waals surface area contributed by atoms with Gasteiger partial charge in [-0.15, -0.1) is 0 Å². The Bertz CT molecular complexity index is 2430. The van der Waals surface area contributed by atoms with Crippen LogP contribution in [0.4, 0.5) is 0 Å². The number of hydrogen-bond donors (Lipinski definition) is 4. The molecule has 0 fully saturated rings. The average Bonchev–Trinajstić information content (AvgIpc) is 4.13. The molecule has 0 unspecified atom stereocenters. The first-order chi connectivity index (χ1) is 27.7. The zero-order chi connectivity index (χ0) is 37.5. The molecule has 10 rings (SSSR count). The molecule has 0 radical (unpaired) electrons. The minimum atomic E-state index is 0.869. The number of H-pyrrole nitrogens is 4. The van der Waals surface area contributed by atoms with Gasteiger partial charge in [0.2, 0.25) is 0 Å². The number of pyridine rings is 4. The van der Waals surface area contributed by atoms with Crippen LogP contribution in [0.3, 0.4) is 0 Å². The van der Waals surface area contributed by atoms with Crippen LogP contribution < -0.4 is 0 Å². The van der Waals surface area contributed by atoms with Gasteiger partial charge in [-0.2, -0.15) is 20.4 Å².